The van der Waals surface area contributed by atoms with E-state index in [0.717, 1.165) is 38.5 Å². The van der Waals surface area contributed by atoms with Crippen molar-refractivity contribution in [1.29, 1.82) is 0 Å². The van der Waals surface area contributed by atoms with Crippen LogP contribution in [-0.2, 0) is 24.0 Å². The number of carboxylic acids is 1. The highest BCUT2D eigenvalue weighted by Crippen LogP contribution is 2.65. The van der Waals surface area contributed by atoms with E-state index in [1.54, 1.807) is 46.4 Å². The van der Waals surface area contributed by atoms with Crippen LogP contribution in [0.25, 0.3) is 0 Å². The average Bonchev–Trinajstić information content (AvgIpc) is 3.70. The summed E-state index contributed by atoms with van der Waals surface area (Å²) >= 11 is 0. The topological polar surface area (TPSA) is 190 Å². The molecule has 0 aromatic carbocycles. The Morgan fingerprint density at radius 3 is 1.45 bits per heavy atom. The van der Waals surface area contributed by atoms with E-state index < -0.39 is 64.0 Å². The van der Waals surface area contributed by atoms with E-state index in [4.69, 9.17) is 15.7 Å². The first-order valence-corrected chi connectivity index (χ1v) is 18.2. The Labute approximate surface area is 302 Å². The predicted molar refractivity (Wildman–Crippen MR) is 186 cm³/mol. The standard InChI is InChI=1S/C18H25BN2O5.C18H27BN2O4/c1-17(2,3)11(13(22)20-16(19)26)14(23)21-8-9-6-18(4-5-18)7-10(9)12(21)15(24)25;1-17(2,3)13(14(23)20-16(19)25)15(24)21-8-10-6-18(4-5-18)7-11(10)12(21)9-22/h9-12H,4-8H2,1-3H3,(H,24,25)(H,20,22,26);10-13,22H,4-9H2,1-3H3,(H,20,23,25)/t9?,10-,11+,12-;10?,11-,12+,13+/m00/s1. The van der Waals surface area contributed by atoms with Crippen molar-refractivity contribution < 1.29 is 43.8 Å². The monoisotopic (exact) mass is 706 g/mol. The van der Waals surface area contributed by atoms with Gasteiger partial charge in [0.1, 0.15) is 17.9 Å². The molecule has 2 saturated heterocycles. The summed E-state index contributed by atoms with van der Waals surface area (Å²) in [7, 11) is 10.1. The smallest absolute Gasteiger partial charge is 0.326 e. The first-order chi connectivity index (χ1) is 23.5. The zero-order valence-corrected chi connectivity index (χ0v) is 30.7. The molecule has 4 aliphatic carbocycles. The van der Waals surface area contributed by atoms with Crippen LogP contribution in [0.1, 0.15) is 92.9 Å². The molecule has 0 aromatic rings. The van der Waals surface area contributed by atoms with Gasteiger partial charge in [-0.25, -0.2) is 4.79 Å². The lowest BCUT2D eigenvalue weighted by atomic mass is 9.78. The lowest BCUT2D eigenvalue weighted by molar-refractivity contribution is -0.155. The van der Waals surface area contributed by atoms with Crippen LogP contribution in [0.5, 0.6) is 0 Å². The summed E-state index contributed by atoms with van der Waals surface area (Å²) in [6.45, 7) is 11.4. The van der Waals surface area contributed by atoms with Crippen LogP contribution in [-0.4, -0.2) is 109 Å². The molecule has 8 atom stereocenters. The SMILES string of the molecule is [B]C(=O)NC(=O)[C@H](C(=O)N1CC2CC3(CC3)C[C@@H]2[C@H]1C(=O)O)C(C)(C)C.[B]C(=O)NC(=O)[C@H](C(=O)N1CC2CC3(CC3)C[C@@H]2[C@H]1CO)C(C)(C)C. The third-order valence-corrected chi connectivity index (χ3v) is 12.6. The summed E-state index contributed by atoms with van der Waals surface area (Å²) in [5.74, 6) is -6.67. The maximum absolute atomic E-state index is 13.2. The minimum absolute atomic E-state index is 0.0567. The van der Waals surface area contributed by atoms with E-state index in [1.807, 2.05) is 5.32 Å². The summed E-state index contributed by atoms with van der Waals surface area (Å²) in [4.78, 5) is 88.4. The molecule has 2 heterocycles. The van der Waals surface area contributed by atoms with Gasteiger partial charge in [0.05, 0.1) is 12.6 Å². The van der Waals surface area contributed by atoms with Crippen LogP contribution in [0.4, 0.5) is 9.59 Å². The number of hydrogen-bond acceptors (Lipinski definition) is 8. The Hall–Kier alpha value is -3.22. The van der Waals surface area contributed by atoms with Gasteiger partial charge in [0.15, 0.2) is 11.6 Å². The number of nitrogens with one attached hydrogen (secondary N) is 2. The van der Waals surface area contributed by atoms with Crippen LogP contribution in [0, 0.1) is 57.2 Å². The van der Waals surface area contributed by atoms with E-state index in [2.05, 4.69) is 5.32 Å². The van der Waals surface area contributed by atoms with Crippen LogP contribution in [0.15, 0.2) is 0 Å². The number of aliphatic hydroxyl groups is 1. The summed E-state index contributed by atoms with van der Waals surface area (Å²) in [5.41, 5.74) is -0.684. The number of carbonyl (C=O) groups is 7. The molecule has 2 spiro atoms. The van der Waals surface area contributed by atoms with Gasteiger partial charge < -0.3 is 30.6 Å². The minimum atomic E-state index is -1.18. The maximum Gasteiger partial charge on any atom is 0.326 e. The highest BCUT2D eigenvalue weighted by atomic mass is 16.4. The minimum Gasteiger partial charge on any atom is -0.480 e. The lowest BCUT2D eigenvalue weighted by Gasteiger charge is -2.35. The fraction of sp³-hybridized carbons (Fsp3) is 0.806. The largest absolute Gasteiger partial charge is 0.480 e. The zero-order valence-electron chi connectivity index (χ0n) is 30.7. The number of hydrogen-bond donors (Lipinski definition) is 4. The van der Waals surface area contributed by atoms with Crippen LogP contribution in [0.2, 0.25) is 0 Å². The third kappa shape index (κ3) is 7.93. The predicted octanol–water partition coefficient (Wildman–Crippen LogP) is 2.22. The molecular formula is C36H52B2N4O9. The molecule has 6 aliphatic rings. The van der Waals surface area contributed by atoms with Gasteiger partial charge >= 0.3 is 5.97 Å². The molecule has 276 valence electrons. The number of carboxylic acid groups (broad SMARTS) is 1. The van der Waals surface area contributed by atoms with Crippen molar-refractivity contribution in [2.45, 2.75) is 105 Å². The number of carbonyl (C=O) groups excluding carboxylic acids is 6. The van der Waals surface area contributed by atoms with Gasteiger partial charge in [-0.2, -0.15) is 0 Å². The van der Waals surface area contributed by atoms with Crippen molar-refractivity contribution in [2.75, 3.05) is 19.7 Å². The van der Waals surface area contributed by atoms with Crippen molar-refractivity contribution in [3.63, 3.8) is 0 Å². The van der Waals surface area contributed by atoms with Crippen LogP contribution in [0.3, 0.4) is 0 Å². The second-order valence-electron chi connectivity index (χ2n) is 18.5. The average molecular weight is 706 g/mol. The maximum atomic E-state index is 13.2. The van der Waals surface area contributed by atoms with Crippen LogP contribution < -0.4 is 10.6 Å². The summed E-state index contributed by atoms with van der Waals surface area (Å²) in [5, 5.41) is 23.7. The number of nitrogens with zero attached hydrogens (tertiary/aromatic N) is 2. The molecule has 2 unspecified atom stereocenters. The Balaban J connectivity index is 0.000000198. The summed E-state index contributed by atoms with van der Waals surface area (Å²) in [6, 6.07) is -1.14. The molecule has 2 aliphatic heterocycles. The number of amides is 6. The van der Waals surface area contributed by atoms with Gasteiger partial charge in [-0.05, 0) is 96.7 Å². The van der Waals surface area contributed by atoms with Crippen molar-refractivity contribution in [3.05, 3.63) is 0 Å². The molecule has 4 N–H and O–H groups in total. The van der Waals surface area contributed by atoms with Crippen LogP contribution >= 0.6 is 0 Å². The number of rotatable bonds is 6. The third-order valence-electron chi connectivity index (χ3n) is 12.6. The molecular weight excluding hydrogens is 654 g/mol. The molecule has 51 heavy (non-hydrogen) atoms. The molecule has 0 aromatic heterocycles. The second kappa shape index (κ2) is 13.6. The van der Waals surface area contributed by atoms with E-state index in [9.17, 15) is 43.8 Å². The second-order valence-corrected chi connectivity index (χ2v) is 18.5. The van der Waals surface area contributed by atoms with Gasteiger partial charge in [0, 0.05) is 13.1 Å². The number of imide groups is 2. The van der Waals surface area contributed by atoms with E-state index in [-0.39, 0.29) is 30.4 Å². The number of likely N-dealkylation sites (tertiary alicyclic amines) is 2. The van der Waals surface area contributed by atoms with Crippen molar-refractivity contribution >= 4 is 56.9 Å². The number of fused-ring (bicyclic) bond motifs is 2. The number of aliphatic hydroxyl groups excluding tert-OH is 1. The van der Waals surface area contributed by atoms with Gasteiger partial charge in [-0.3, -0.25) is 28.8 Å². The van der Waals surface area contributed by atoms with Gasteiger partial charge in [0.25, 0.3) is 0 Å². The normalized spacial score (nSPS) is 30.4. The Kier molecular flexibility index (Phi) is 10.4. The fourth-order valence-corrected chi connectivity index (χ4v) is 10.0. The van der Waals surface area contributed by atoms with Gasteiger partial charge in [-0.1, -0.05) is 41.5 Å². The first kappa shape index (κ1) is 39.0. The van der Waals surface area contributed by atoms with E-state index >= 15 is 0 Å². The summed E-state index contributed by atoms with van der Waals surface area (Å²) < 4.78 is 0. The van der Waals surface area contributed by atoms with Crippen molar-refractivity contribution in [1.82, 2.24) is 20.4 Å². The molecule has 6 amide bonds. The van der Waals surface area contributed by atoms with E-state index in [0.29, 0.717) is 35.8 Å². The number of aliphatic carboxylic acids is 1. The molecule has 4 radical (unpaired) electrons. The quantitative estimate of drug-likeness (QED) is 0.237. The summed E-state index contributed by atoms with van der Waals surface area (Å²) in [6.07, 6.45) is 8.80. The Bertz CT molecular complexity index is 1480. The van der Waals surface area contributed by atoms with E-state index in [1.165, 1.54) is 17.7 Å². The Morgan fingerprint density at radius 1 is 0.686 bits per heavy atom. The van der Waals surface area contributed by atoms with Crippen molar-refractivity contribution in [2.24, 2.45) is 57.2 Å². The zero-order chi connectivity index (χ0) is 38.0. The lowest BCUT2D eigenvalue weighted by Crippen LogP contribution is -2.53. The molecule has 15 heteroatoms. The highest BCUT2D eigenvalue weighted by Gasteiger charge is 2.62. The first-order valence-electron chi connectivity index (χ1n) is 18.2. The molecule has 6 fully saturated rings. The van der Waals surface area contributed by atoms with Gasteiger partial charge in [-0.15, -0.1) is 0 Å². The fourth-order valence-electron chi connectivity index (χ4n) is 10.0. The highest BCUT2D eigenvalue weighted by molar-refractivity contribution is 6.59. The molecule has 13 nitrogen and oxygen atoms in total. The molecule has 4 saturated carbocycles. The Morgan fingerprint density at radius 2 is 1.08 bits per heavy atom. The molecule has 6 rings (SSSR count). The van der Waals surface area contributed by atoms with Gasteiger partial charge in [0.2, 0.25) is 39.3 Å². The molecule has 0 bridgehead atoms. The van der Waals surface area contributed by atoms with Crippen molar-refractivity contribution in [3.8, 4) is 0 Å².